The van der Waals surface area contributed by atoms with Gasteiger partial charge >= 0.3 is 5.97 Å². The minimum Gasteiger partial charge on any atom is -0.475 e. The molecule has 16 heavy (non-hydrogen) atoms. The maximum atomic E-state index is 10.8. The number of anilines is 1. The second-order valence-electron chi connectivity index (χ2n) is 4.06. The van der Waals surface area contributed by atoms with Crippen LogP contribution in [0.1, 0.15) is 35.9 Å². The van der Waals surface area contributed by atoms with Gasteiger partial charge < -0.3 is 15.3 Å². The molecule has 0 radical (unpaired) electrons. The molecule has 0 amide bonds. The highest BCUT2D eigenvalue weighted by atomic mass is 16.4. The van der Waals surface area contributed by atoms with E-state index < -0.39 is 5.97 Å². The molecule has 0 aliphatic rings. The monoisotopic (exact) mass is 219 g/mol. The van der Waals surface area contributed by atoms with Crippen LogP contribution in [0.3, 0.4) is 0 Å². The van der Waals surface area contributed by atoms with Gasteiger partial charge in [0.15, 0.2) is 0 Å². The van der Waals surface area contributed by atoms with Crippen LogP contribution in [-0.2, 0) is 0 Å². The Balaban J connectivity index is 2.69. The van der Waals surface area contributed by atoms with Gasteiger partial charge in [-0.2, -0.15) is 0 Å². The number of hydrogen-bond acceptors (Lipinski definition) is 3. The Morgan fingerprint density at radius 2 is 2.12 bits per heavy atom. The molecule has 0 atom stereocenters. The Labute approximate surface area is 92.7 Å². The highest BCUT2D eigenvalue weighted by Crippen LogP contribution is 2.30. The Morgan fingerprint density at radius 1 is 1.44 bits per heavy atom. The van der Waals surface area contributed by atoms with E-state index in [1.807, 2.05) is 12.1 Å². The molecule has 3 N–H and O–H groups in total. The van der Waals surface area contributed by atoms with Crippen molar-refractivity contribution in [1.29, 1.82) is 0 Å². The largest absolute Gasteiger partial charge is 0.475 e. The number of hydrogen-bond donors (Lipinski definition) is 2. The molecule has 2 rings (SSSR count). The summed E-state index contributed by atoms with van der Waals surface area (Å²) < 4.78 is 5.17. The van der Waals surface area contributed by atoms with Crippen molar-refractivity contribution in [3.05, 3.63) is 29.5 Å². The van der Waals surface area contributed by atoms with Crippen LogP contribution >= 0.6 is 0 Å². The van der Waals surface area contributed by atoms with E-state index in [4.69, 9.17) is 15.3 Å². The van der Waals surface area contributed by atoms with Gasteiger partial charge in [-0.25, -0.2) is 4.79 Å². The van der Waals surface area contributed by atoms with Crippen molar-refractivity contribution in [1.82, 2.24) is 0 Å². The third kappa shape index (κ3) is 1.52. The second-order valence-corrected chi connectivity index (χ2v) is 4.06. The lowest BCUT2D eigenvalue weighted by Gasteiger charge is -2.03. The molecule has 0 bridgehead atoms. The molecule has 0 fully saturated rings. The molecule has 0 aliphatic heterocycles. The number of aromatic carboxylic acids is 1. The third-order valence-electron chi connectivity index (χ3n) is 2.61. The lowest BCUT2D eigenvalue weighted by Crippen LogP contribution is -1.98. The molecule has 2 aromatic rings. The van der Waals surface area contributed by atoms with Gasteiger partial charge in [-0.1, -0.05) is 19.9 Å². The number of carboxylic acid groups (broad SMARTS) is 1. The number of benzene rings is 1. The maximum Gasteiger partial charge on any atom is 0.374 e. The van der Waals surface area contributed by atoms with E-state index in [1.165, 1.54) is 0 Å². The molecule has 84 valence electrons. The molecular formula is C12H13NO3. The minimum absolute atomic E-state index is 0.184. The van der Waals surface area contributed by atoms with Crippen LogP contribution in [0.2, 0.25) is 0 Å². The van der Waals surface area contributed by atoms with Gasteiger partial charge in [0.05, 0.1) is 5.69 Å². The standard InChI is InChI=1S/C12H13NO3/c1-6(2)7-3-4-9-8(5-7)10(13)11(16-9)12(14)15/h3-6H,13H2,1-2H3,(H,14,15). The Bertz CT molecular complexity index is 555. The van der Waals surface area contributed by atoms with Crippen LogP contribution in [0, 0.1) is 0 Å². The molecule has 0 aliphatic carbocycles. The van der Waals surface area contributed by atoms with Gasteiger partial charge in [0.1, 0.15) is 5.58 Å². The first kappa shape index (κ1) is 10.5. The van der Waals surface area contributed by atoms with Crippen molar-refractivity contribution in [3.63, 3.8) is 0 Å². The maximum absolute atomic E-state index is 10.8. The van der Waals surface area contributed by atoms with Gasteiger partial charge in [-0.05, 0) is 23.6 Å². The normalized spacial score (nSPS) is 11.2. The van der Waals surface area contributed by atoms with E-state index in [2.05, 4.69) is 13.8 Å². The first-order valence-corrected chi connectivity index (χ1v) is 5.06. The van der Waals surface area contributed by atoms with Crippen LogP contribution in [0.5, 0.6) is 0 Å². The van der Waals surface area contributed by atoms with E-state index in [0.29, 0.717) is 16.9 Å². The summed E-state index contributed by atoms with van der Waals surface area (Å²) in [6.45, 7) is 4.13. The topological polar surface area (TPSA) is 76.5 Å². The molecule has 0 spiro atoms. The summed E-state index contributed by atoms with van der Waals surface area (Å²) in [6, 6.07) is 5.56. The predicted octanol–water partition coefficient (Wildman–Crippen LogP) is 2.84. The molecule has 4 nitrogen and oxygen atoms in total. The van der Waals surface area contributed by atoms with Crippen LogP contribution < -0.4 is 5.73 Å². The van der Waals surface area contributed by atoms with Crippen molar-refractivity contribution in [2.24, 2.45) is 0 Å². The van der Waals surface area contributed by atoms with Gasteiger partial charge in [-0.3, -0.25) is 0 Å². The van der Waals surface area contributed by atoms with Crippen molar-refractivity contribution >= 4 is 22.6 Å². The van der Waals surface area contributed by atoms with Crippen molar-refractivity contribution in [2.75, 3.05) is 5.73 Å². The average molecular weight is 219 g/mol. The molecule has 1 aromatic heterocycles. The van der Waals surface area contributed by atoms with Gasteiger partial charge in [0, 0.05) is 5.39 Å². The van der Waals surface area contributed by atoms with Crippen molar-refractivity contribution in [3.8, 4) is 0 Å². The zero-order valence-electron chi connectivity index (χ0n) is 9.15. The number of carbonyl (C=O) groups is 1. The van der Waals surface area contributed by atoms with Crippen LogP contribution in [0.25, 0.3) is 11.0 Å². The summed E-state index contributed by atoms with van der Waals surface area (Å²) >= 11 is 0. The number of nitrogens with two attached hydrogens (primary N) is 1. The number of carboxylic acids is 1. The Kier molecular flexibility index (Phi) is 2.34. The van der Waals surface area contributed by atoms with Crippen molar-refractivity contribution < 1.29 is 14.3 Å². The summed E-state index contributed by atoms with van der Waals surface area (Å²) in [4.78, 5) is 10.8. The third-order valence-corrected chi connectivity index (χ3v) is 2.61. The first-order valence-electron chi connectivity index (χ1n) is 5.06. The SMILES string of the molecule is CC(C)c1ccc2oc(C(=O)O)c(N)c2c1. The fourth-order valence-corrected chi connectivity index (χ4v) is 1.65. The lowest BCUT2D eigenvalue weighted by molar-refractivity contribution is 0.0666. The van der Waals surface area contributed by atoms with Crippen LogP contribution in [-0.4, -0.2) is 11.1 Å². The molecule has 0 saturated carbocycles. The smallest absolute Gasteiger partial charge is 0.374 e. The zero-order chi connectivity index (χ0) is 11.9. The molecule has 0 saturated heterocycles. The second kappa shape index (κ2) is 3.56. The van der Waals surface area contributed by atoms with Crippen molar-refractivity contribution in [2.45, 2.75) is 19.8 Å². The molecule has 0 unspecified atom stereocenters. The molecular weight excluding hydrogens is 206 g/mol. The van der Waals surface area contributed by atoms with Gasteiger partial charge in [0.2, 0.25) is 5.76 Å². The lowest BCUT2D eigenvalue weighted by atomic mass is 10.0. The highest BCUT2D eigenvalue weighted by Gasteiger charge is 2.17. The minimum atomic E-state index is -1.14. The van der Waals surface area contributed by atoms with E-state index >= 15 is 0 Å². The summed E-state index contributed by atoms with van der Waals surface area (Å²) in [5.41, 5.74) is 7.55. The molecule has 4 heteroatoms. The van der Waals surface area contributed by atoms with E-state index in [9.17, 15) is 4.79 Å². The number of fused-ring (bicyclic) bond motifs is 1. The quantitative estimate of drug-likeness (QED) is 0.814. The summed E-state index contributed by atoms with van der Waals surface area (Å²) in [5, 5.41) is 9.54. The Hall–Kier alpha value is -1.97. The summed E-state index contributed by atoms with van der Waals surface area (Å²) in [6.07, 6.45) is 0. The predicted molar refractivity (Wildman–Crippen MR) is 61.7 cm³/mol. The Morgan fingerprint density at radius 3 is 2.69 bits per heavy atom. The number of nitrogen functional groups attached to an aromatic ring is 1. The van der Waals surface area contributed by atoms with Crippen LogP contribution in [0.15, 0.2) is 22.6 Å². The van der Waals surface area contributed by atoms with Gasteiger partial charge in [-0.15, -0.1) is 0 Å². The van der Waals surface area contributed by atoms with Gasteiger partial charge in [0.25, 0.3) is 0 Å². The number of rotatable bonds is 2. The fourth-order valence-electron chi connectivity index (χ4n) is 1.65. The van der Waals surface area contributed by atoms with E-state index in [1.54, 1.807) is 6.07 Å². The summed E-state index contributed by atoms with van der Waals surface area (Å²) in [7, 11) is 0. The van der Waals surface area contributed by atoms with Crippen LogP contribution in [0.4, 0.5) is 5.69 Å². The average Bonchev–Trinajstić information content (AvgIpc) is 2.56. The molecule has 1 heterocycles. The number of furan rings is 1. The fraction of sp³-hybridized carbons (Fsp3) is 0.250. The van der Waals surface area contributed by atoms with E-state index in [-0.39, 0.29) is 11.4 Å². The summed E-state index contributed by atoms with van der Waals surface area (Å²) in [5.74, 6) is -0.956. The highest BCUT2D eigenvalue weighted by molar-refractivity contribution is 6.02. The first-order chi connectivity index (χ1) is 7.50. The van der Waals surface area contributed by atoms with E-state index in [0.717, 1.165) is 5.56 Å². The zero-order valence-corrected chi connectivity index (χ0v) is 9.15. The molecule has 1 aromatic carbocycles.